The van der Waals surface area contributed by atoms with Gasteiger partial charge in [0.1, 0.15) is 5.75 Å². The second kappa shape index (κ2) is 11.3. The van der Waals surface area contributed by atoms with Crippen LogP contribution in [0.25, 0.3) is 0 Å². The Balaban J connectivity index is 1.39. The van der Waals surface area contributed by atoms with Crippen molar-refractivity contribution in [1.82, 2.24) is 0 Å². The number of hydrogen-bond acceptors (Lipinski definition) is 5. The van der Waals surface area contributed by atoms with Crippen LogP contribution in [0.3, 0.4) is 0 Å². The molecule has 4 aromatic carbocycles. The van der Waals surface area contributed by atoms with Crippen LogP contribution in [0.1, 0.15) is 21.5 Å². The van der Waals surface area contributed by atoms with E-state index in [4.69, 9.17) is 16.3 Å². The summed E-state index contributed by atoms with van der Waals surface area (Å²) in [5, 5.41) is 3.04. The molecule has 0 heterocycles. The number of carbonyl (C=O) groups is 2. The number of sulfonamides is 1. The van der Waals surface area contributed by atoms with E-state index in [1.165, 1.54) is 30.3 Å². The molecule has 4 aromatic rings. The third-order valence-electron chi connectivity index (χ3n) is 5.31. The zero-order chi connectivity index (χ0) is 26.4. The Morgan fingerprint density at radius 3 is 2.30 bits per heavy atom. The normalized spacial score (nSPS) is 11.0. The number of benzene rings is 4. The summed E-state index contributed by atoms with van der Waals surface area (Å²) < 4.78 is 33.4. The second-order valence-electron chi connectivity index (χ2n) is 8.17. The van der Waals surface area contributed by atoms with Crippen LogP contribution in [-0.2, 0) is 14.8 Å². The predicted molar refractivity (Wildman–Crippen MR) is 144 cm³/mol. The lowest BCUT2D eigenvalue weighted by atomic mass is 10.0. The molecule has 0 aliphatic rings. The predicted octanol–water partition coefficient (Wildman–Crippen LogP) is 5.70. The summed E-state index contributed by atoms with van der Waals surface area (Å²) in [6.45, 7) is 1.52. The van der Waals surface area contributed by atoms with E-state index in [-0.39, 0.29) is 22.8 Å². The highest BCUT2D eigenvalue weighted by atomic mass is 35.5. The smallest absolute Gasteiger partial charge is 0.262 e. The van der Waals surface area contributed by atoms with Gasteiger partial charge in [-0.05, 0) is 67.1 Å². The Kier molecular flexibility index (Phi) is 7.91. The molecule has 188 valence electrons. The minimum atomic E-state index is -3.79. The van der Waals surface area contributed by atoms with Crippen LogP contribution in [0, 0.1) is 6.92 Å². The quantitative estimate of drug-likeness (QED) is 0.268. The van der Waals surface area contributed by atoms with Gasteiger partial charge in [0, 0.05) is 21.8 Å². The standard InChI is InChI=1S/C28H23ClN2O5S/c1-19-6-5-9-22(16-19)31-37(34,35)24-13-11-23(12-14-24)36-18-27(32)30-26-15-10-21(29)17-25(26)28(33)20-7-3-2-4-8-20/h2-17,31H,18H2,1H3,(H,30,32). The van der Waals surface area contributed by atoms with Crippen LogP contribution in [0.2, 0.25) is 5.02 Å². The van der Waals surface area contributed by atoms with Crippen molar-refractivity contribution in [3.8, 4) is 5.75 Å². The molecule has 0 spiro atoms. The van der Waals surface area contributed by atoms with E-state index in [0.29, 0.717) is 27.7 Å². The fraction of sp³-hybridized carbons (Fsp3) is 0.0714. The fourth-order valence-corrected chi connectivity index (χ4v) is 4.75. The SMILES string of the molecule is Cc1cccc(NS(=O)(=O)c2ccc(OCC(=O)Nc3ccc(Cl)cc3C(=O)c3ccccc3)cc2)c1. The van der Waals surface area contributed by atoms with E-state index >= 15 is 0 Å². The first-order valence-corrected chi connectivity index (χ1v) is 13.1. The van der Waals surface area contributed by atoms with Crippen molar-refractivity contribution < 1.29 is 22.7 Å². The Morgan fingerprint density at radius 1 is 0.865 bits per heavy atom. The molecule has 0 unspecified atom stereocenters. The molecule has 4 rings (SSSR count). The molecule has 0 atom stereocenters. The van der Waals surface area contributed by atoms with Crippen LogP contribution in [-0.4, -0.2) is 26.7 Å². The van der Waals surface area contributed by atoms with E-state index in [1.807, 2.05) is 13.0 Å². The average Bonchev–Trinajstić information content (AvgIpc) is 2.88. The van der Waals surface area contributed by atoms with Gasteiger partial charge in [0.2, 0.25) is 0 Å². The first kappa shape index (κ1) is 25.9. The number of halogens is 1. The largest absolute Gasteiger partial charge is 0.484 e. The van der Waals surface area contributed by atoms with E-state index < -0.39 is 15.9 Å². The average molecular weight is 535 g/mol. The molecule has 1 amide bonds. The third-order valence-corrected chi connectivity index (χ3v) is 6.94. The van der Waals surface area contributed by atoms with Crippen LogP contribution in [0.4, 0.5) is 11.4 Å². The molecule has 0 aromatic heterocycles. The summed E-state index contributed by atoms with van der Waals surface area (Å²) in [7, 11) is -3.79. The summed E-state index contributed by atoms with van der Waals surface area (Å²) in [6.07, 6.45) is 0. The molecule has 0 radical (unpaired) electrons. The zero-order valence-corrected chi connectivity index (χ0v) is 21.3. The van der Waals surface area contributed by atoms with E-state index in [1.54, 1.807) is 60.7 Å². The van der Waals surface area contributed by atoms with E-state index in [9.17, 15) is 18.0 Å². The van der Waals surface area contributed by atoms with Gasteiger partial charge in [-0.2, -0.15) is 0 Å². The minimum Gasteiger partial charge on any atom is -0.484 e. The van der Waals surface area contributed by atoms with Gasteiger partial charge in [0.15, 0.2) is 12.4 Å². The monoisotopic (exact) mass is 534 g/mol. The lowest BCUT2D eigenvalue weighted by Crippen LogP contribution is -2.21. The van der Waals surface area contributed by atoms with Crippen LogP contribution in [0.15, 0.2) is 102 Å². The maximum absolute atomic E-state index is 12.9. The van der Waals surface area contributed by atoms with Crippen LogP contribution in [0.5, 0.6) is 5.75 Å². The van der Waals surface area contributed by atoms with Gasteiger partial charge >= 0.3 is 0 Å². The third kappa shape index (κ3) is 6.75. The van der Waals surface area contributed by atoms with Crippen molar-refractivity contribution in [3.05, 3.63) is 119 Å². The Labute approximate surface area is 220 Å². The van der Waals surface area contributed by atoms with Crippen molar-refractivity contribution in [2.75, 3.05) is 16.6 Å². The van der Waals surface area contributed by atoms with Crippen molar-refractivity contribution in [3.63, 3.8) is 0 Å². The molecule has 0 saturated heterocycles. The second-order valence-corrected chi connectivity index (χ2v) is 10.3. The van der Waals surface area contributed by atoms with Gasteiger partial charge in [0.25, 0.3) is 15.9 Å². The number of aryl methyl sites for hydroxylation is 1. The van der Waals surface area contributed by atoms with Gasteiger partial charge in [-0.1, -0.05) is 54.1 Å². The number of ether oxygens (including phenoxy) is 1. The van der Waals surface area contributed by atoms with Gasteiger partial charge < -0.3 is 10.1 Å². The zero-order valence-electron chi connectivity index (χ0n) is 19.8. The molecule has 0 fully saturated rings. The number of hydrogen-bond donors (Lipinski definition) is 2. The van der Waals surface area contributed by atoms with Crippen molar-refractivity contribution >= 4 is 44.7 Å². The van der Waals surface area contributed by atoms with Gasteiger partial charge in [0.05, 0.1) is 10.6 Å². The van der Waals surface area contributed by atoms with Crippen molar-refractivity contribution in [2.45, 2.75) is 11.8 Å². The summed E-state index contributed by atoms with van der Waals surface area (Å²) in [5.41, 5.74) is 2.41. The lowest BCUT2D eigenvalue weighted by Gasteiger charge is -2.12. The maximum atomic E-state index is 12.9. The van der Waals surface area contributed by atoms with Crippen molar-refractivity contribution in [2.24, 2.45) is 0 Å². The molecule has 9 heteroatoms. The summed E-state index contributed by atoms with van der Waals surface area (Å²) in [4.78, 5) is 25.5. The summed E-state index contributed by atoms with van der Waals surface area (Å²) in [5.74, 6) is -0.473. The van der Waals surface area contributed by atoms with Crippen molar-refractivity contribution in [1.29, 1.82) is 0 Å². The number of nitrogens with one attached hydrogen (secondary N) is 2. The fourth-order valence-electron chi connectivity index (χ4n) is 3.53. The number of ketones is 1. The first-order valence-electron chi connectivity index (χ1n) is 11.2. The molecule has 37 heavy (non-hydrogen) atoms. The highest BCUT2D eigenvalue weighted by Crippen LogP contribution is 2.24. The van der Waals surface area contributed by atoms with E-state index in [0.717, 1.165) is 5.56 Å². The molecule has 0 aliphatic carbocycles. The van der Waals surface area contributed by atoms with Crippen LogP contribution >= 0.6 is 11.6 Å². The Bertz CT molecular complexity index is 1540. The van der Waals surface area contributed by atoms with Crippen LogP contribution < -0.4 is 14.8 Å². The number of rotatable bonds is 9. The van der Waals surface area contributed by atoms with Gasteiger partial charge in [-0.3, -0.25) is 14.3 Å². The topological polar surface area (TPSA) is 102 Å². The summed E-state index contributed by atoms with van der Waals surface area (Å²) in [6, 6.07) is 26.0. The minimum absolute atomic E-state index is 0.0519. The molecule has 0 saturated carbocycles. The first-order chi connectivity index (χ1) is 17.7. The highest BCUT2D eigenvalue weighted by molar-refractivity contribution is 7.92. The molecule has 7 nitrogen and oxygen atoms in total. The number of carbonyl (C=O) groups excluding carboxylic acids is 2. The van der Waals surface area contributed by atoms with E-state index in [2.05, 4.69) is 10.0 Å². The van der Waals surface area contributed by atoms with Gasteiger partial charge in [-0.15, -0.1) is 0 Å². The molecular formula is C28H23ClN2O5S. The lowest BCUT2D eigenvalue weighted by molar-refractivity contribution is -0.118. The Morgan fingerprint density at radius 2 is 1.59 bits per heavy atom. The number of amides is 1. The summed E-state index contributed by atoms with van der Waals surface area (Å²) >= 11 is 6.09. The number of anilines is 2. The molecule has 0 bridgehead atoms. The van der Waals surface area contributed by atoms with Gasteiger partial charge in [-0.25, -0.2) is 8.42 Å². The maximum Gasteiger partial charge on any atom is 0.262 e. The molecule has 2 N–H and O–H groups in total. The molecule has 0 aliphatic heterocycles. The highest BCUT2D eigenvalue weighted by Gasteiger charge is 2.17. The molecular weight excluding hydrogens is 512 g/mol. The Hall–Kier alpha value is -4.14.